The molecule has 1 amide bonds. The van der Waals surface area contributed by atoms with Crippen molar-refractivity contribution >= 4 is 22.4 Å². The number of benzene rings is 1. The van der Waals surface area contributed by atoms with Gasteiger partial charge in [-0.2, -0.15) is 0 Å². The number of anilines is 1. The molecule has 1 saturated carbocycles. The van der Waals surface area contributed by atoms with Crippen LogP contribution in [0.1, 0.15) is 23.4 Å². The van der Waals surface area contributed by atoms with Crippen molar-refractivity contribution in [3.63, 3.8) is 0 Å². The first-order valence-electron chi connectivity index (χ1n) is 6.08. The van der Waals surface area contributed by atoms with Crippen LogP contribution in [0.25, 0.3) is 0 Å². The van der Waals surface area contributed by atoms with Crippen LogP contribution in [-0.4, -0.2) is 16.1 Å². The topological polar surface area (TPSA) is 54.9 Å². The van der Waals surface area contributed by atoms with Crippen LogP contribution >= 0.6 is 11.3 Å². The van der Waals surface area contributed by atoms with Crippen LogP contribution in [0.4, 0.5) is 9.52 Å². The standard InChI is InChI=1S/C13H12FN3OS/c14-10-5-1-8(2-6-10)7-11-16-17-13(19-11)15-12(18)9-3-4-9/h1-2,5-6,9H,3-4,7H2,(H,15,17,18). The predicted octanol–water partition coefficient (Wildman–Crippen LogP) is 2.62. The Morgan fingerprint density at radius 3 is 2.74 bits per heavy atom. The fourth-order valence-electron chi connectivity index (χ4n) is 1.71. The summed E-state index contributed by atoms with van der Waals surface area (Å²) in [5, 5.41) is 12.1. The molecule has 0 saturated heterocycles. The van der Waals surface area contributed by atoms with Crippen LogP contribution in [0, 0.1) is 11.7 Å². The third kappa shape index (κ3) is 3.14. The smallest absolute Gasteiger partial charge is 0.229 e. The van der Waals surface area contributed by atoms with Gasteiger partial charge in [0.1, 0.15) is 10.8 Å². The Bertz CT molecular complexity index is 592. The van der Waals surface area contributed by atoms with E-state index in [1.54, 1.807) is 12.1 Å². The highest BCUT2D eigenvalue weighted by molar-refractivity contribution is 7.15. The van der Waals surface area contributed by atoms with Crippen molar-refractivity contribution < 1.29 is 9.18 Å². The van der Waals surface area contributed by atoms with E-state index >= 15 is 0 Å². The lowest BCUT2D eigenvalue weighted by atomic mass is 10.2. The Hall–Kier alpha value is -1.82. The van der Waals surface area contributed by atoms with Crippen molar-refractivity contribution in [2.75, 3.05) is 5.32 Å². The van der Waals surface area contributed by atoms with E-state index in [0.717, 1.165) is 23.4 Å². The van der Waals surface area contributed by atoms with Crippen LogP contribution in [-0.2, 0) is 11.2 Å². The van der Waals surface area contributed by atoms with E-state index in [0.29, 0.717) is 11.6 Å². The third-order valence-electron chi connectivity index (χ3n) is 2.91. The molecule has 1 aliphatic carbocycles. The first-order chi connectivity index (χ1) is 9.20. The average Bonchev–Trinajstić information content (AvgIpc) is 3.16. The summed E-state index contributed by atoms with van der Waals surface area (Å²) in [4.78, 5) is 11.6. The molecule has 0 spiro atoms. The van der Waals surface area contributed by atoms with Gasteiger partial charge in [-0.15, -0.1) is 10.2 Å². The van der Waals surface area contributed by atoms with Crippen molar-refractivity contribution in [3.05, 3.63) is 40.7 Å². The van der Waals surface area contributed by atoms with E-state index in [4.69, 9.17) is 0 Å². The average molecular weight is 277 g/mol. The van der Waals surface area contributed by atoms with Gasteiger partial charge in [0.2, 0.25) is 11.0 Å². The van der Waals surface area contributed by atoms with Crippen molar-refractivity contribution in [2.45, 2.75) is 19.3 Å². The molecular formula is C13H12FN3OS. The van der Waals surface area contributed by atoms with Gasteiger partial charge in [0, 0.05) is 12.3 Å². The molecule has 0 bridgehead atoms. The molecule has 0 radical (unpaired) electrons. The van der Waals surface area contributed by atoms with Gasteiger partial charge in [0.25, 0.3) is 0 Å². The largest absolute Gasteiger partial charge is 0.300 e. The summed E-state index contributed by atoms with van der Waals surface area (Å²) in [5.74, 6) is -0.0627. The monoisotopic (exact) mass is 277 g/mol. The Morgan fingerprint density at radius 2 is 2.05 bits per heavy atom. The molecule has 4 nitrogen and oxygen atoms in total. The van der Waals surface area contributed by atoms with Crippen LogP contribution in [0.15, 0.2) is 24.3 Å². The predicted molar refractivity (Wildman–Crippen MR) is 70.5 cm³/mol. The molecule has 6 heteroatoms. The number of carbonyl (C=O) groups excluding carboxylic acids is 1. The molecule has 98 valence electrons. The van der Waals surface area contributed by atoms with Gasteiger partial charge in [-0.1, -0.05) is 23.5 Å². The second-order valence-electron chi connectivity index (χ2n) is 4.57. The SMILES string of the molecule is O=C(Nc1nnc(Cc2ccc(F)cc2)s1)C1CC1. The van der Waals surface area contributed by atoms with Crippen molar-refractivity contribution in [1.82, 2.24) is 10.2 Å². The fourth-order valence-corrected chi connectivity index (χ4v) is 2.48. The van der Waals surface area contributed by atoms with Gasteiger partial charge in [0.15, 0.2) is 0 Å². The van der Waals surface area contributed by atoms with E-state index in [1.807, 2.05) is 0 Å². The molecular weight excluding hydrogens is 265 g/mol. The molecule has 1 heterocycles. The summed E-state index contributed by atoms with van der Waals surface area (Å²) in [6.45, 7) is 0. The zero-order chi connectivity index (χ0) is 13.2. The van der Waals surface area contributed by atoms with Crippen LogP contribution < -0.4 is 5.32 Å². The van der Waals surface area contributed by atoms with Gasteiger partial charge in [0.05, 0.1) is 0 Å². The summed E-state index contributed by atoms with van der Waals surface area (Å²) in [5.41, 5.74) is 0.970. The maximum Gasteiger partial charge on any atom is 0.229 e. The highest BCUT2D eigenvalue weighted by atomic mass is 32.1. The molecule has 2 aromatic rings. The Balaban J connectivity index is 1.64. The number of nitrogens with one attached hydrogen (secondary N) is 1. The molecule has 1 N–H and O–H groups in total. The summed E-state index contributed by atoms with van der Waals surface area (Å²) >= 11 is 1.36. The molecule has 0 atom stereocenters. The lowest BCUT2D eigenvalue weighted by Gasteiger charge is -1.97. The van der Waals surface area contributed by atoms with Crippen LogP contribution in [0.3, 0.4) is 0 Å². The summed E-state index contributed by atoms with van der Waals surface area (Å²) < 4.78 is 12.8. The molecule has 19 heavy (non-hydrogen) atoms. The number of hydrogen-bond acceptors (Lipinski definition) is 4. The minimum absolute atomic E-state index is 0.0319. The number of carbonyl (C=O) groups is 1. The van der Waals surface area contributed by atoms with Gasteiger partial charge in [-0.05, 0) is 30.5 Å². The quantitative estimate of drug-likeness (QED) is 0.934. The van der Waals surface area contributed by atoms with E-state index in [2.05, 4.69) is 15.5 Å². The maximum absolute atomic E-state index is 12.8. The molecule has 1 aromatic carbocycles. The van der Waals surface area contributed by atoms with E-state index in [1.165, 1.54) is 23.5 Å². The van der Waals surface area contributed by atoms with Crippen molar-refractivity contribution in [2.24, 2.45) is 5.92 Å². The zero-order valence-electron chi connectivity index (χ0n) is 10.1. The molecule has 0 aliphatic heterocycles. The van der Waals surface area contributed by atoms with Gasteiger partial charge >= 0.3 is 0 Å². The van der Waals surface area contributed by atoms with Gasteiger partial charge in [-0.3, -0.25) is 4.79 Å². The number of rotatable bonds is 4. The minimum Gasteiger partial charge on any atom is -0.300 e. The lowest BCUT2D eigenvalue weighted by Crippen LogP contribution is -2.12. The van der Waals surface area contributed by atoms with Crippen LogP contribution in [0.5, 0.6) is 0 Å². The summed E-state index contributed by atoms with van der Waals surface area (Å²) in [7, 11) is 0. The molecule has 1 aliphatic rings. The first-order valence-corrected chi connectivity index (χ1v) is 6.90. The highest BCUT2D eigenvalue weighted by Gasteiger charge is 2.30. The number of aromatic nitrogens is 2. The Kier molecular flexibility index (Phi) is 3.25. The summed E-state index contributed by atoms with van der Waals surface area (Å²) in [6.07, 6.45) is 2.53. The molecule has 0 unspecified atom stereocenters. The second-order valence-corrected chi connectivity index (χ2v) is 5.63. The van der Waals surface area contributed by atoms with Gasteiger partial charge < -0.3 is 5.32 Å². The van der Waals surface area contributed by atoms with Gasteiger partial charge in [-0.25, -0.2) is 4.39 Å². The lowest BCUT2D eigenvalue weighted by molar-refractivity contribution is -0.117. The first kappa shape index (κ1) is 12.2. The third-order valence-corrected chi connectivity index (χ3v) is 3.75. The maximum atomic E-state index is 12.8. The van der Waals surface area contributed by atoms with Crippen molar-refractivity contribution in [3.8, 4) is 0 Å². The number of nitrogens with zero attached hydrogens (tertiary/aromatic N) is 2. The normalized spacial score (nSPS) is 14.4. The Labute approximate surface area is 113 Å². The minimum atomic E-state index is -0.251. The van der Waals surface area contributed by atoms with E-state index in [-0.39, 0.29) is 17.6 Å². The summed E-state index contributed by atoms with van der Waals surface area (Å²) in [6, 6.07) is 6.29. The second kappa shape index (κ2) is 5.05. The molecule has 1 aromatic heterocycles. The zero-order valence-corrected chi connectivity index (χ0v) is 10.9. The van der Waals surface area contributed by atoms with E-state index < -0.39 is 0 Å². The molecule has 3 rings (SSSR count). The van der Waals surface area contributed by atoms with E-state index in [9.17, 15) is 9.18 Å². The number of amides is 1. The Morgan fingerprint density at radius 1 is 1.32 bits per heavy atom. The van der Waals surface area contributed by atoms with Crippen LogP contribution in [0.2, 0.25) is 0 Å². The fraction of sp³-hybridized carbons (Fsp3) is 0.308. The molecule has 1 fully saturated rings. The van der Waals surface area contributed by atoms with Crippen molar-refractivity contribution in [1.29, 1.82) is 0 Å². The highest BCUT2D eigenvalue weighted by Crippen LogP contribution is 2.30. The number of hydrogen-bond donors (Lipinski definition) is 1. The number of halogens is 1.